The Balaban J connectivity index is 2.66. The van der Waals surface area contributed by atoms with Crippen molar-refractivity contribution in [3.05, 3.63) is 12.3 Å². The third-order valence-electron chi connectivity index (χ3n) is 2.03. The summed E-state index contributed by atoms with van der Waals surface area (Å²) >= 11 is 4.81. The third kappa shape index (κ3) is 3.02. The van der Waals surface area contributed by atoms with Crippen LogP contribution >= 0.6 is 12.2 Å². The number of thiocarbonyl (C=S) groups is 1. The smallest absolute Gasteiger partial charge is 0.235 e. The molecule has 0 aliphatic heterocycles. The summed E-state index contributed by atoms with van der Waals surface area (Å²) in [6, 6.07) is 1.71. The Bertz CT molecular complexity index is 374. The minimum Gasteiger partial charge on any atom is -0.393 e. The van der Waals surface area contributed by atoms with Gasteiger partial charge in [-0.2, -0.15) is 5.10 Å². The van der Waals surface area contributed by atoms with E-state index in [0.29, 0.717) is 12.2 Å². The molecule has 0 aliphatic carbocycles. The number of aromatic nitrogens is 2. The van der Waals surface area contributed by atoms with Crippen LogP contribution in [0.2, 0.25) is 0 Å². The van der Waals surface area contributed by atoms with E-state index in [2.05, 4.69) is 10.4 Å². The molecule has 0 spiro atoms. The number of hydrogen-bond donors (Lipinski definition) is 2. The minimum atomic E-state index is -0.429. The molecule has 0 aromatic carbocycles. The molecular formula is C9H14N4OS. The zero-order chi connectivity index (χ0) is 11.4. The molecule has 1 aromatic heterocycles. The normalized spacial score (nSPS) is 12.1. The molecule has 1 unspecified atom stereocenters. The van der Waals surface area contributed by atoms with Crippen molar-refractivity contribution in [2.24, 2.45) is 18.7 Å². The lowest BCUT2D eigenvalue weighted by atomic mass is 10.1. The van der Waals surface area contributed by atoms with Crippen molar-refractivity contribution < 1.29 is 4.79 Å². The van der Waals surface area contributed by atoms with Crippen molar-refractivity contribution in [2.45, 2.75) is 13.3 Å². The van der Waals surface area contributed by atoms with Gasteiger partial charge in [0.25, 0.3) is 0 Å². The summed E-state index contributed by atoms with van der Waals surface area (Å²) in [7, 11) is 1.78. The van der Waals surface area contributed by atoms with Gasteiger partial charge in [0.15, 0.2) is 5.82 Å². The number of anilines is 1. The summed E-state index contributed by atoms with van der Waals surface area (Å²) in [6.45, 7) is 1.86. The molecule has 1 amide bonds. The minimum absolute atomic E-state index is 0.205. The average molecular weight is 226 g/mol. The maximum absolute atomic E-state index is 11.7. The molecule has 1 aromatic rings. The van der Waals surface area contributed by atoms with Crippen molar-refractivity contribution in [3.63, 3.8) is 0 Å². The summed E-state index contributed by atoms with van der Waals surface area (Å²) in [6.07, 6.45) is 2.34. The highest BCUT2D eigenvalue weighted by molar-refractivity contribution is 7.80. The zero-order valence-corrected chi connectivity index (χ0v) is 9.54. The van der Waals surface area contributed by atoms with E-state index >= 15 is 0 Å². The fraction of sp³-hybridized carbons (Fsp3) is 0.444. The van der Waals surface area contributed by atoms with Gasteiger partial charge in [-0.1, -0.05) is 19.1 Å². The highest BCUT2D eigenvalue weighted by atomic mass is 32.1. The van der Waals surface area contributed by atoms with Gasteiger partial charge in [0, 0.05) is 19.3 Å². The van der Waals surface area contributed by atoms with Crippen molar-refractivity contribution in [1.29, 1.82) is 0 Å². The maximum atomic E-state index is 11.7. The van der Waals surface area contributed by atoms with E-state index in [-0.39, 0.29) is 10.9 Å². The van der Waals surface area contributed by atoms with Crippen molar-refractivity contribution >= 4 is 28.9 Å². The Kier molecular flexibility index (Phi) is 3.79. The number of nitrogens with zero attached hydrogens (tertiary/aromatic N) is 2. The lowest BCUT2D eigenvalue weighted by molar-refractivity contribution is -0.118. The van der Waals surface area contributed by atoms with Crippen LogP contribution in [0.4, 0.5) is 5.82 Å². The first-order chi connectivity index (χ1) is 7.04. The lowest BCUT2D eigenvalue weighted by Gasteiger charge is -2.11. The van der Waals surface area contributed by atoms with Crippen molar-refractivity contribution in [2.75, 3.05) is 5.32 Å². The molecule has 6 heteroatoms. The van der Waals surface area contributed by atoms with Gasteiger partial charge in [0.2, 0.25) is 5.91 Å². The predicted molar refractivity (Wildman–Crippen MR) is 62.4 cm³/mol. The number of aryl methyl sites for hydroxylation is 1. The first-order valence-electron chi connectivity index (χ1n) is 4.64. The molecule has 1 atom stereocenters. The fourth-order valence-corrected chi connectivity index (χ4v) is 1.48. The maximum Gasteiger partial charge on any atom is 0.235 e. The number of carbonyl (C=O) groups excluding carboxylic acids is 1. The molecule has 3 N–H and O–H groups in total. The molecule has 0 aliphatic rings. The first kappa shape index (κ1) is 11.6. The highest BCUT2D eigenvalue weighted by Gasteiger charge is 2.19. The molecular weight excluding hydrogens is 212 g/mol. The number of amides is 1. The second-order valence-corrected chi connectivity index (χ2v) is 3.70. The largest absolute Gasteiger partial charge is 0.393 e. The van der Waals surface area contributed by atoms with E-state index in [4.69, 9.17) is 18.0 Å². The Morgan fingerprint density at radius 1 is 1.80 bits per heavy atom. The SMILES string of the molecule is CCC(C(=O)Nc1ccn(C)n1)C(N)=S. The molecule has 0 saturated heterocycles. The number of carbonyl (C=O) groups is 1. The molecule has 0 bridgehead atoms. The van der Waals surface area contributed by atoms with Gasteiger partial charge in [-0.25, -0.2) is 0 Å². The third-order valence-corrected chi connectivity index (χ3v) is 2.32. The lowest BCUT2D eigenvalue weighted by Crippen LogP contribution is -2.32. The number of nitrogens with two attached hydrogens (primary N) is 1. The van der Waals surface area contributed by atoms with E-state index in [0.717, 1.165) is 0 Å². The van der Waals surface area contributed by atoms with E-state index in [1.54, 1.807) is 24.0 Å². The first-order valence-corrected chi connectivity index (χ1v) is 5.05. The monoisotopic (exact) mass is 226 g/mol. The average Bonchev–Trinajstić information content (AvgIpc) is 2.51. The van der Waals surface area contributed by atoms with Gasteiger partial charge in [-0.05, 0) is 6.42 Å². The second-order valence-electron chi connectivity index (χ2n) is 3.23. The van der Waals surface area contributed by atoms with Crippen molar-refractivity contribution in [1.82, 2.24) is 9.78 Å². The van der Waals surface area contributed by atoms with Crippen LogP contribution < -0.4 is 11.1 Å². The summed E-state index contributed by atoms with van der Waals surface area (Å²) in [5.74, 6) is -0.122. The molecule has 82 valence electrons. The molecule has 0 saturated carbocycles. The van der Waals surface area contributed by atoms with E-state index in [9.17, 15) is 4.79 Å². The van der Waals surface area contributed by atoms with Crippen molar-refractivity contribution in [3.8, 4) is 0 Å². The topological polar surface area (TPSA) is 72.9 Å². The van der Waals surface area contributed by atoms with Gasteiger partial charge in [-0.3, -0.25) is 9.48 Å². The van der Waals surface area contributed by atoms with E-state index < -0.39 is 5.92 Å². The van der Waals surface area contributed by atoms with Gasteiger partial charge in [0.05, 0.1) is 10.9 Å². The van der Waals surface area contributed by atoms with Crippen LogP contribution in [0.3, 0.4) is 0 Å². The second kappa shape index (κ2) is 4.88. The summed E-state index contributed by atoms with van der Waals surface area (Å²) < 4.78 is 1.61. The van der Waals surface area contributed by atoms with Gasteiger partial charge in [0.1, 0.15) is 0 Å². The van der Waals surface area contributed by atoms with Crippen LogP contribution in [0.25, 0.3) is 0 Å². The van der Waals surface area contributed by atoms with Crippen LogP contribution in [0.15, 0.2) is 12.3 Å². The number of hydrogen-bond acceptors (Lipinski definition) is 3. The Morgan fingerprint density at radius 2 is 2.47 bits per heavy atom. The Morgan fingerprint density at radius 3 is 2.87 bits per heavy atom. The van der Waals surface area contributed by atoms with Crippen LogP contribution in [-0.4, -0.2) is 20.7 Å². The Labute approximate surface area is 93.6 Å². The number of nitrogens with one attached hydrogen (secondary N) is 1. The summed E-state index contributed by atoms with van der Waals surface area (Å²) in [5.41, 5.74) is 5.45. The van der Waals surface area contributed by atoms with E-state index in [1.807, 2.05) is 6.92 Å². The van der Waals surface area contributed by atoms with E-state index in [1.165, 1.54) is 0 Å². The van der Waals surface area contributed by atoms with Crippen LogP contribution in [0, 0.1) is 5.92 Å². The highest BCUT2D eigenvalue weighted by Crippen LogP contribution is 2.08. The molecule has 0 radical (unpaired) electrons. The summed E-state index contributed by atoms with van der Waals surface area (Å²) in [4.78, 5) is 11.9. The number of rotatable bonds is 4. The van der Waals surface area contributed by atoms with Crippen LogP contribution in [0.5, 0.6) is 0 Å². The molecule has 15 heavy (non-hydrogen) atoms. The molecule has 5 nitrogen and oxygen atoms in total. The predicted octanol–water partition coefficient (Wildman–Crippen LogP) is 0.671. The molecule has 1 rings (SSSR count). The van der Waals surface area contributed by atoms with Gasteiger partial charge < -0.3 is 11.1 Å². The standard InChI is InChI=1S/C9H14N4OS/c1-3-6(8(10)15)9(14)11-7-4-5-13(2)12-7/h4-6H,3H2,1-2H3,(H2,10,15)(H,11,12,14). The molecule has 0 fully saturated rings. The van der Waals surface area contributed by atoms with Crippen LogP contribution in [-0.2, 0) is 11.8 Å². The quantitative estimate of drug-likeness (QED) is 0.740. The zero-order valence-electron chi connectivity index (χ0n) is 8.73. The van der Waals surface area contributed by atoms with Crippen LogP contribution in [0.1, 0.15) is 13.3 Å². The van der Waals surface area contributed by atoms with Gasteiger partial charge >= 0.3 is 0 Å². The molecule has 1 heterocycles. The summed E-state index contributed by atoms with van der Waals surface area (Å²) in [5, 5.41) is 6.68. The Hall–Kier alpha value is -1.43. The van der Waals surface area contributed by atoms with Gasteiger partial charge in [-0.15, -0.1) is 0 Å². The fourth-order valence-electron chi connectivity index (χ4n) is 1.21.